The molecule has 0 radical (unpaired) electrons. The fourth-order valence-corrected chi connectivity index (χ4v) is 4.40. The van der Waals surface area contributed by atoms with Crippen LogP contribution >= 0.6 is 0 Å². The molecular weight excluding hydrogens is 296 g/mol. The van der Waals surface area contributed by atoms with Gasteiger partial charge in [-0.2, -0.15) is 0 Å². The first-order valence-corrected chi connectivity index (χ1v) is 8.63. The molecule has 23 heavy (non-hydrogen) atoms. The lowest BCUT2D eigenvalue weighted by molar-refractivity contribution is -0.149. The molecule has 130 valence electrons. The minimum absolute atomic E-state index is 0.0140. The Balaban J connectivity index is 1.64. The molecule has 0 unspecified atom stereocenters. The van der Waals surface area contributed by atoms with Gasteiger partial charge in [-0.15, -0.1) is 0 Å². The number of amides is 2. The third kappa shape index (κ3) is 3.22. The molecule has 3 saturated heterocycles. The number of hydrogen-bond donors (Lipinski definition) is 2. The Bertz CT molecular complexity index is 478. The lowest BCUT2D eigenvalue weighted by atomic mass is 9.83. The Morgan fingerprint density at radius 1 is 1.26 bits per heavy atom. The molecule has 7 heteroatoms. The van der Waals surface area contributed by atoms with E-state index in [0.29, 0.717) is 19.5 Å². The quantitative estimate of drug-likeness (QED) is 0.684. The minimum Gasteiger partial charge on any atom is -0.392 e. The predicted octanol–water partition coefficient (Wildman–Crippen LogP) is -1.14. The molecule has 3 aliphatic heterocycles. The molecule has 7 nitrogen and oxygen atoms in total. The summed E-state index contributed by atoms with van der Waals surface area (Å²) in [4.78, 5) is 30.2. The standard InChI is InChI=1S/C16H28N4O3/c1-3-18-9-16(10-18)11-19(15(23)4-5-17-12(2)21)7-13-6-14(22)8-20(13)16/h13-14,22H,3-11H2,1-2H3,(H,17,21)/t13-,14+/m0/s1. The molecule has 0 aromatic heterocycles. The third-order valence-electron chi connectivity index (χ3n) is 5.47. The Kier molecular flexibility index (Phi) is 4.62. The topological polar surface area (TPSA) is 76.1 Å². The van der Waals surface area contributed by atoms with Gasteiger partial charge >= 0.3 is 0 Å². The maximum absolute atomic E-state index is 12.5. The van der Waals surface area contributed by atoms with Crippen molar-refractivity contribution in [3.05, 3.63) is 0 Å². The van der Waals surface area contributed by atoms with Crippen molar-refractivity contribution >= 4 is 11.8 Å². The number of carbonyl (C=O) groups is 2. The van der Waals surface area contributed by atoms with E-state index in [4.69, 9.17) is 0 Å². The van der Waals surface area contributed by atoms with Gasteiger partial charge in [0.05, 0.1) is 11.6 Å². The van der Waals surface area contributed by atoms with E-state index >= 15 is 0 Å². The number of fused-ring (bicyclic) bond motifs is 2. The average molecular weight is 324 g/mol. The van der Waals surface area contributed by atoms with E-state index in [2.05, 4.69) is 22.0 Å². The number of carbonyl (C=O) groups excluding carboxylic acids is 2. The normalized spacial score (nSPS) is 30.1. The van der Waals surface area contributed by atoms with E-state index in [9.17, 15) is 14.7 Å². The number of hydrogen-bond acceptors (Lipinski definition) is 5. The number of likely N-dealkylation sites (tertiary alicyclic amines) is 1. The van der Waals surface area contributed by atoms with Crippen LogP contribution in [0.2, 0.25) is 0 Å². The largest absolute Gasteiger partial charge is 0.392 e. The molecule has 0 saturated carbocycles. The SMILES string of the molecule is CCN1CC2(C1)CN(C(=O)CCNC(C)=O)C[C@@H]1C[C@@H](O)CN12. The van der Waals surface area contributed by atoms with Crippen molar-refractivity contribution in [3.63, 3.8) is 0 Å². The molecule has 3 fully saturated rings. The van der Waals surface area contributed by atoms with Crippen molar-refractivity contribution in [1.29, 1.82) is 0 Å². The van der Waals surface area contributed by atoms with Crippen molar-refractivity contribution in [2.24, 2.45) is 0 Å². The molecule has 2 amide bonds. The van der Waals surface area contributed by atoms with Gasteiger partial charge in [-0.1, -0.05) is 6.92 Å². The van der Waals surface area contributed by atoms with Crippen LogP contribution in [-0.2, 0) is 9.59 Å². The molecular formula is C16H28N4O3. The van der Waals surface area contributed by atoms with Gasteiger partial charge < -0.3 is 15.3 Å². The zero-order valence-corrected chi connectivity index (χ0v) is 14.1. The van der Waals surface area contributed by atoms with Crippen LogP contribution < -0.4 is 5.32 Å². The second-order valence-corrected chi connectivity index (χ2v) is 7.23. The lowest BCUT2D eigenvalue weighted by Gasteiger charge is -2.61. The number of piperazine rings is 1. The summed E-state index contributed by atoms with van der Waals surface area (Å²) in [5, 5.41) is 12.7. The van der Waals surface area contributed by atoms with Gasteiger partial charge in [-0.05, 0) is 13.0 Å². The summed E-state index contributed by atoms with van der Waals surface area (Å²) in [5.74, 6) is 0.00435. The monoisotopic (exact) mass is 324 g/mol. The van der Waals surface area contributed by atoms with Crippen LogP contribution in [0.4, 0.5) is 0 Å². The fourth-order valence-electron chi connectivity index (χ4n) is 4.40. The predicted molar refractivity (Wildman–Crippen MR) is 85.8 cm³/mol. The summed E-state index contributed by atoms with van der Waals surface area (Å²) in [6.45, 7) is 9.17. The van der Waals surface area contributed by atoms with Crippen LogP contribution in [0.3, 0.4) is 0 Å². The van der Waals surface area contributed by atoms with E-state index < -0.39 is 0 Å². The minimum atomic E-state index is -0.276. The van der Waals surface area contributed by atoms with Crippen LogP contribution in [0.1, 0.15) is 26.7 Å². The second-order valence-electron chi connectivity index (χ2n) is 7.23. The van der Waals surface area contributed by atoms with Crippen LogP contribution in [-0.4, -0.2) is 95.1 Å². The summed E-state index contributed by atoms with van der Waals surface area (Å²) in [5.41, 5.74) is 0.0140. The summed E-state index contributed by atoms with van der Waals surface area (Å²) >= 11 is 0. The number of aliphatic hydroxyl groups is 1. The molecule has 2 N–H and O–H groups in total. The smallest absolute Gasteiger partial charge is 0.224 e. The molecule has 2 atom stereocenters. The zero-order chi connectivity index (χ0) is 16.6. The maximum Gasteiger partial charge on any atom is 0.224 e. The molecule has 0 aromatic carbocycles. The van der Waals surface area contributed by atoms with Crippen LogP contribution in [0.15, 0.2) is 0 Å². The second kappa shape index (κ2) is 6.37. The van der Waals surface area contributed by atoms with Gasteiger partial charge in [0.15, 0.2) is 0 Å². The van der Waals surface area contributed by atoms with Crippen molar-refractivity contribution < 1.29 is 14.7 Å². The molecule has 3 rings (SSSR count). The van der Waals surface area contributed by atoms with E-state index in [0.717, 1.165) is 39.1 Å². The van der Waals surface area contributed by atoms with Crippen molar-refractivity contribution in [2.45, 2.75) is 44.4 Å². The van der Waals surface area contributed by atoms with Crippen LogP contribution in [0, 0.1) is 0 Å². The van der Waals surface area contributed by atoms with Crippen molar-refractivity contribution in [3.8, 4) is 0 Å². The van der Waals surface area contributed by atoms with E-state index in [-0.39, 0.29) is 29.5 Å². The molecule has 3 aliphatic rings. The van der Waals surface area contributed by atoms with E-state index in [1.54, 1.807) is 0 Å². The zero-order valence-electron chi connectivity index (χ0n) is 14.1. The third-order valence-corrected chi connectivity index (χ3v) is 5.47. The highest BCUT2D eigenvalue weighted by Crippen LogP contribution is 2.38. The summed E-state index contributed by atoms with van der Waals surface area (Å²) < 4.78 is 0. The first kappa shape index (κ1) is 16.7. The van der Waals surface area contributed by atoms with Crippen molar-refractivity contribution in [1.82, 2.24) is 20.0 Å². The number of nitrogens with one attached hydrogen (secondary N) is 1. The van der Waals surface area contributed by atoms with Gasteiger partial charge in [0, 0.05) is 58.7 Å². The van der Waals surface area contributed by atoms with E-state index in [1.807, 2.05) is 4.90 Å². The summed E-state index contributed by atoms with van der Waals surface area (Å²) in [6, 6.07) is 0.266. The fraction of sp³-hybridized carbons (Fsp3) is 0.875. The Labute approximate surface area is 137 Å². The Morgan fingerprint density at radius 2 is 2.00 bits per heavy atom. The Morgan fingerprint density at radius 3 is 2.65 bits per heavy atom. The highest BCUT2D eigenvalue weighted by atomic mass is 16.3. The average Bonchev–Trinajstić information content (AvgIpc) is 2.83. The Hall–Kier alpha value is -1.18. The highest BCUT2D eigenvalue weighted by Gasteiger charge is 2.56. The number of nitrogens with zero attached hydrogens (tertiary/aromatic N) is 3. The van der Waals surface area contributed by atoms with E-state index in [1.165, 1.54) is 6.92 Å². The number of rotatable bonds is 4. The van der Waals surface area contributed by atoms with Crippen LogP contribution in [0.5, 0.6) is 0 Å². The van der Waals surface area contributed by atoms with Gasteiger partial charge in [0.1, 0.15) is 0 Å². The molecule has 1 spiro atoms. The number of likely N-dealkylation sites (N-methyl/N-ethyl adjacent to an activating group) is 1. The van der Waals surface area contributed by atoms with Crippen molar-refractivity contribution in [2.75, 3.05) is 45.8 Å². The molecule has 0 aliphatic carbocycles. The number of β-amino-alcohol motifs (C(OH)–C–C–N with tert-alkyl or cyclic N) is 1. The molecule has 0 bridgehead atoms. The van der Waals surface area contributed by atoms with Gasteiger partial charge in [-0.25, -0.2) is 0 Å². The highest BCUT2D eigenvalue weighted by molar-refractivity contribution is 5.78. The molecule has 3 heterocycles. The van der Waals surface area contributed by atoms with Crippen LogP contribution in [0.25, 0.3) is 0 Å². The summed E-state index contributed by atoms with van der Waals surface area (Å²) in [6.07, 6.45) is 0.827. The number of aliphatic hydroxyl groups excluding tert-OH is 1. The van der Waals surface area contributed by atoms with Gasteiger partial charge in [-0.3, -0.25) is 19.4 Å². The maximum atomic E-state index is 12.5. The first-order valence-electron chi connectivity index (χ1n) is 8.63. The van der Waals surface area contributed by atoms with Gasteiger partial charge in [0.25, 0.3) is 0 Å². The summed E-state index contributed by atoms with van der Waals surface area (Å²) in [7, 11) is 0. The van der Waals surface area contributed by atoms with Gasteiger partial charge in [0.2, 0.25) is 11.8 Å². The first-order chi connectivity index (χ1) is 10.9. The molecule has 0 aromatic rings. The lowest BCUT2D eigenvalue weighted by Crippen LogP contribution is -2.78.